The van der Waals surface area contributed by atoms with Crippen molar-refractivity contribution < 1.29 is 4.79 Å². The number of aromatic nitrogens is 2. The van der Waals surface area contributed by atoms with Crippen LogP contribution >= 0.6 is 11.8 Å². The van der Waals surface area contributed by atoms with Crippen LogP contribution in [0.2, 0.25) is 0 Å². The van der Waals surface area contributed by atoms with Gasteiger partial charge in [-0.25, -0.2) is 0 Å². The summed E-state index contributed by atoms with van der Waals surface area (Å²) >= 11 is 1.60. The maximum atomic E-state index is 12.0. The molecule has 1 saturated heterocycles. The zero-order valence-electron chi connectivity index (χ0n) is 15.1. The molecule has 0 unspecified atom stereocenters. The van der Waals surface area contributed by atoms with Gasteiger partial charge in [-0.15, -0.1) is 0 Å². The number of likely N-dealkylation sites (tertiary alicyclic amines) is 1. The zero-order valence-corrected chi connectivity index (χ0v) is 15.9. The van der Waals surface area contributed by atoms with Crippen molar-refractivity contribution in [2.45, 2.75) is 45.7 Å². The molecule has 1 saturated carbocycles. The number of amides is 1. The number of hydrogen-bond acceptors (Lipinski definition) is 4. The van der Waals surface area contributed by atoms with E-state index in [9.17, 15) is 4.79 Å². The Morgan fingerprint density at radius 2 is 2.12 bits per heavy atom. The number of nitrogens with one attached hydrogen (secondary N) is 1. The molecule has 0 aromatic carbocycles. The molecule has 0 radical (unpaired) electrons. The van der Waals surface area contributed by atoms with Gasteiger partial charge < -0.3 is 10.2 Å². The molecule has 5 nitrogen and oxygen atoms in total. The summed E-state index contributed by atoms with van der Waals surface area (Å²) in [7, 11) is 0. The maximum absolute atomic E-state index is 12.0. The van der Waals surface area contributed by atoms with Gasteiger partial charge in [0.2, 0.25) is 5.91 Å². The molecule has 6 heteroatoms. The molecule has 0 spiro atoms. The highest BCUT2D eigenvalue weighted by molar-refractivity contribution is 7.99. The van der Waals surface area contributed by atoms with Gasteiger partial charge in [0.1, 0.15) is 0 Å². The van der Waals surface area contributed by atoms with E-state index in [0.29, 0.717) is 17.7 Å². The number of carbonyl (C=O) groups is 1. The molecular weight excluding hydrogens is 320 g/mol. The Labute approximate surface area is 149 Å². The summed E-state index contributed by atoms with van der Waals surface area (Å²) in [5.74, 6) is 2.27. The Morgan fingerprint density at radius 3 is 2.75 bits per heavy atom. The maximum Gasteiger partial charge on any atom is 0.230 e. The lowest BCUT2D eigenvalue weighted by molar-refractivity contribution is -0.119. The van der Waals surface area contributed by atoms with Gasteiger partial charge in [-0.1, -0.05) is 0 Å². The van der Waals surface area contributed by atoms with E-state index in [1.54, 1.807) is 11.8 Å². The predicted molar refractivity (Wildman–Crippen MR) is 99.3 cm³/mol. The number of rotatable bonds is 8. The second kappa shape index (κ2) is 7.91. The lowest BCUT2D eigenvalue weighted by Crippen LogP contribution is -2.42. The van der Waals surface area contributed by atoms with Crippen LogP contribution in [-0.2, 0) is 11.3 Å². The second-order valence-corrected chi connectivity index (χ2v) is 8.24. The number of nitrogens with zero attached hydrogens (tertiary/aromatic N) is 3. The molecule has 1 N–H and O–H groups in total. The molecule has 1 aliphatic heterocycles. The second-order valence-electron chi connectivity index (χ2n) is 7.37. The zero-order chi connectivity index (χ0) is 17.1. The Kier molecular flexibility index (Phi) is 5.87. The standard InChI is InChI=1S/C18H30N4OS/c1-13-9-14(2)22(20-13)8-4-7-21-10-16(15-5-6-15)17(11-21)19-18(23)12-24-3/h9,15-17H,4-8,10-12H2,1-3H3,(H,19,23)/t16-,17+/m1/s1. The number of hydrogen-bond donors (Lipinski definition) is 1. The molecule has 0 bridgehead atoms. The number of aryl methyl sites for hydroxylation is 3. The topological polar surface area (TPSA) is 50.2 Å². The Balaban J connectivity index is 1.48. The molecule has 134 valence electrons. The van der Waals surface area contributed by atoms with Gasteiger partial charge in [-0.3, -0.25) is 9.48 Å². The van der Waals surface area contributed by atoms with E-state index >= 15 is 0 Å². The van der Waals surface area contributed by atoms with E-state index in [1.165, 1.54) is 18.5 Å². The largest absolute Gasteiger partial charge is 0.351 e. The van der Waals surface area contributed by atoms with Crippen molar-refractivity contribution in [1.82, 2.24) is 20.0 Å². The first-order valence-electron chi connectivity index (χ1n) is 9.08. The highest BCUT2D eigenvalue weighted by atomic mass is 32.2. The predicted octanol–water partition coefficient (Wildman–Crippen LogP) is 2.08. The minimum absolute atomic E-state index is 0.197. The van der Waals surface area contributed by atoms with Crippen LogP contribution in [0.15, 0.2) is 6.07 Å². The van der Waals surface area contributed by atoms with Crippen LogP contribution in [0.3, 0.4) is 0 Å². The van der Waals surface area contributed by atoms with E-state index in [1.807, 2.05) is 13.2 Å². The molecule has 24 heavy (non-hydrogen) atoms. The van der Waals surface area contributed by atoms with E-state index in [0.717, 1.165) is 44.2 Å². The minimum Gasteiger partial charge on any atom is -0.351 e. The fourth-order valence-corrected chi connectivity index (χ4v) is 4.32. The van der Waals surface area contributed by atoms with Crippen molar-refractivity contribution in [3.05, 3.63) is 17.5 Å². The van der Waals surface area contributed by atoms with Gasteiger partial charge in [0.05, 0.1) is 11.4 Å². The van der Waals surface area contributed by atoms with Gasteiger partial charge >= 0.3 is 0 Å². The van der Waals surface area contributed by atoms with Gasteiger partial charge in [0.15, 0.2) is 0 Å². The SMILES string of the molecule is CSCC(=O)N[C@H]1CN(CCCn2nc(C)cc2C)C[C@@H]1C1CC1. The summed E-state index contributed by atoms with van der Waals surface area (Å²) < 4.78 is 2.11. The van der Waals surface area contributed by atoms with Crippen molar-refractivity contribution in [2.75, 3.05) is 31.6 Å². The van der Waals surface area contributed by atoms with Crippen molar-refractivity contribution in [3.63, 3.8) is 0 Å². The lowest BCUT2D eigenvalue weighted by Gasteiger charge is -2.19. The Hall–Kier alpha value is -1.01. The third-order valence-corrected chi connectivity index (χ3v) is 5.79. The van der Waals surface area contributed by atoms with Crippen LogP contribution in [0.4, 0.5) is 0 Å². The fraction of sp³-hybridized carbons (Fsp3) is 0.778. The van der Waals surface area contributed by atoms with Crippen LogP contribution < -0.4 is 5.32 Å². The molecule has 1 amide bonds. The molecule has 2 heterocycles. The van der Waals surface area contributed by atoms with Crippen molar-refractivity contribution >= 4 is 17.7 Å². The average Bonchev–Trinajstić information content (AvgIpc) is 3.21. The molecule has 2 fully saturated rings. The summed E-state index contributed by atoms with van der Waals surface area (Å²) in [6, 6.07) is 2.49. The molecule has 2 atom stereocenters. The van der Waals surface area contributed by atoms with Crippen LogP contribution in [-0.4, -0.2) is 58.3 Å². The minimum atomic E-state index is 0.197. The summed E-state index contributed by atoms with van der Waals surface area (Å²) in [5, 5.41) is 7.82. The Morgan fingerprint density at radius 1 is 1.33 bits per heavy atom. The van der Waals surface area contributed by atoms with Crippen molar-refractivity contribution in [2.24, 2.45) is 11.8 Å². The molecule has 1 aliphatic carbocycles. The molecule has 1 aromatic heterocycles. The number of thioether (sulfide) groups is 1. The van der Waals surface area contributed by atoms with E-state index in [2.05, 4.69) is 33.0 Å². The molecule has 1 aromatic rings. The summed E-state index contributed by atoms with van der Waals surface area (Å²) in [6.07, 6.45) is 5.79. The molecule has 2 aliphatic rings. The van der Waals surface area contributed by atoms with Crippen LogP contribution in [0.25, 0.3) is 0 Å². The van der Waals surface area contributed by atoms with Crippen molar-refractivity contribution in [1.29, 1.82) is 0 Å². The summed E-state index contributed by atoms with van der Waals surface area (Å²) in [4.78, 5) is 14.5. The van der Waals surface area contributed by atoms with E-state index in [4.69, 9.17) is 0 Å². The highest BCUT2D eigenvalue weighted by Gasteiger charge is 2.42. The fourth-order valence-electron chi connectivity index (χ4n) is 3.98. The first kappa shape index (κ1) is 17.8. The third kappa shape index (κ3) is 4.54. The molecular formula is C18H30N4OS. The van der Waals surface area contributed by atoms with Gasteiger partial charge in [0.25, 0.3) is 0 Å². The monoisotopic (exact) mass is 350 g/mol. The van der Waals surface area contributed by atoms with Crippen LogP contribution in [0, 0.1) is 25.7 Å². The van der Waals surface area contributed by atoms with Crippen molar-refractivity contribution in [3.8, 4) is 0 Å². The summed E-state index contributed by atoms with van der Waals surface area (Å²) in [6.45, 7) is 8.40. The first-order chi connectivity index (χ1) is 11.6. The highest BCUT2D eigenvalue weighted by Crippen LogP contribution is 2.41. The quantitative estimate of drug-likeness (QED) is 0.780. The van der Waals surface area contributed by atoms with E-state index in [-0.39, 0.29) is 5.91 Å². The summed E-state index contributed by atoms with van der Waals surface area (Å²) in [5.41, 5.74) is 2.34. The molecule has 3 rings (SSSR count). The normalized spacial score (nSPS) is 24.5. The van der Waals surface area contributed by atoms with Crippen LogP contribution in [0.1, 0.15) is 30.7 Å². The van der Waals surface area contributed by atoms with Crippen LogP contribution in [0.5, 0.6) is 0 Å². The smallest absolute Gasteiger partial charge is 0.230 e. The van der Waals surface area contributed by atoms with Gasteiger partial charge in [-0.05, 0) is 63.8 Å². The average molecular weight is 351 g/mol. The lowest BCUT2D eigenvalue weighted by atomic mass is 9.98. The third-order valence-electron chi connectivity index (χ3n) is 5.24. The van der Waals surface area contributed by atoms with E-state index < -0.39 is 0 Å². The first-order valence-corrected chi connectivity index (χ1v) is 10.5. The van der Waals surface area contributed by atoms with Gasteiger partial charge in [0, 0.05) is 31.4 Å². The Bertz CT molecular complexity index is 569. The van der Waals surface area contributed by atoms with Gasteiger partial charge in [-0.2, -0.15) is 16.9 Å². The number of carbonyl (C=O) groups excluding carboxylic acids is 1.